The van der Waals surface area contributed by atoms with Crippen LogP contribution in [-0.2, 0) is 4.74 Å². The number of nitrogens with zero attached hydrogens (tertiary/aromatic N) is 1. The van der Waals surface area contributed by atoms with E-state index in [0.717, 1.165) is 38.0 Å². The highest BCUT2D eigenvalue weighted by Gasteiger charge is 2.16. The minimum Gasteiger partial charge on any atom is -0.450 e. The Labute approximate surface area is 243 Å². The Kier molecular flexibility index (Phi) is 24.7. The molecule has 0 aromatic carbocycles. The molecule has 1 aliphatic heterocycles. The topological polar surface area (TPSA) is 49.8 Å². The summed E-state index contributed by atoms with van der Waals surface area (Å²) in [5, 5.41) is 9.11. The molecule has 228 valence electrons. The molecular weight excluding hydrogens is 482 g/mol. The summed E-state index contributed by atoms with van der Waals surface area (Å²) in [5.74, 6) is 0.979. The Bertz CT molecular complexity index is 595. The second-order valence-corrected chi connectivity index (χ2v) is 12.2. The molecule has 4 heteroatoms. The number of hydrogen-bond donors (Lipinski definition) is 1. The van der Waals surface area contributed by atoms with E-state index in [4.69, 9.17) is 9.84 Å². The van der Waals surface area contributed by atoms with Gasteiger partial charge in [-0.15, -0.1) is 0 Å². The summed E-state index contributed by atoms with van der Waals surface area (Å²) in [6.07, 6.45) is 37.9. The van der Waals surface area contributed by atoms with Crippen LogP contribution in [0.15, 0.2) is 24.3 Å². The van der Waals surface area contributed by atoms with Gasteiger partial charge in [-0.05, 0) is 96.7 Å². The summed E-state index contributed by atoms with van der Waals surface area (Å²) in [6, 6.07) is 0. The zero-order valence-electron chi connectivity index (χ0n) is 26.1. The standard InChI is InChI=1S/C35H65NO3/c1-3-4-5-6-7-8-9-10-11-12-13-14-18-21-24-27-34(39-35(37)38)28-25-22-19-16-15-17-20-23-26-33-29-31-36(2)32-30-33/h7-8,10-11,33-34H,3-6,9,12-32H2,1-2H3,(H,37,38)/b8-7-,11-10-. The van der Waals surface area contributed by atoms with Gasteiger partial charge in [-0.1, -0.05) is 115 Å². The molecule has 0 aliphatic carbocycles. The van der Waals surface area contributed by atoms with Crippen molar-refractivity contribution in [2.75, 3.05) is 20.1 Å². The third-order valence-corrected chi connectivity index (χ3v) is 8.47. The molecule has 0 saturated carbocycles. The maximum Gasteiger partial charge on any atom is 0.506 e. The van der Waals surface area contributed by atoms with Gasteiger partial charge in [0.1, 0.15) is 6.10 Å². The number of carboxylic acid groups (broad SMARTS) is 1. The smallest absolute Gasteiger partial charge is 0.450 e. The lowest BCUT2D eigenvalue weighted by Gasteiger charge is -2.28. The van der Waals surface area contributed by atoms with Gasteiger partial charge in [0.2, 0.25) is 0 Å². The number of unbranched alkanes of at least 4 members (excludes halogenated alkanes) is 15. The lowest BCUT2D eigenvalue weighted by molar-refractivity contribution is 0.0422. The van der Waals surface area contributed by atoms with Crippen LogP contribution in [0, 0.1) is 5.92 Å². The van der Waals surface area contributed by atoms with Crippen molar-refractivity contribution in [3.8, 4) is 0 Å². The predicted molar refractivity (Wildman–Crippen MR) is 169 cm³/mol. The third-order valence-electron chi connectivity index (χ3n) is 8.47. The van der Waals surface area contributed by atoms with Crippen molar-refractivity contribution in [1.29, 1.82) is 0 Å². The Balaban J connectivity index is 1.92. The summed E-state index contributed by atoms with van der Waals surface area (Å²) in [4.78, 5) is 13.6. The molecular formula is C35H65NO3. The van der Waals surface area contributed by atoms with E-state index in [1.54, 1.807) is 0 Å². The van der Waals surface area contributed by atoms with E-state index in [0.29, 0.717) is 0 Å². The number of likely N-dealkylation sites (tertiary alicyclic amines) is 1. The van der Waals surface area contributed by atoms with E-state index >= 15 is 0 Å². The first-order valence-electron chi connectivity index (χ1n) is 17.0. The number of rotatable bonds is 26. The van der Waals surface area contributed by atoms with E-state index in [9.17, 15) is 4.79 Å². The Morgan fingerprint density at radius 1 is 0.744 bits per heavy atom. The van der Waals surface area contributed by atoms with Crippen LogP contribution in [0.3, 0.4) is 0 Å². The maximum absolute atomic E-state index is 11.1. The molecule has 1 atom stereocenters. The Morgan fingerprint density at radius 3 is 1.77 bits per heavy atom. The van der Waals surface area contributed by atoms with Gasteiger partial charge in [0, 0.05) is 0 Å². The molecule has 1 heterocycles. The van der Waals surface area contributed by atoms with Crippen LogP contribution >= 0.6 is 0 Å². The van der Waals surface area contributed by atoms with Crippen molar-refractivity contribution in [1.82, 2.24) is 4.90 Å². The van der Waals surface area contributed by atoms with Gasteiger partial charge >= 0.3 is 6.16 Å². The Morgan fingerprint density at radius 2 is 1.23 bits per heavy atom. The van der Waals surface area contributed by atoms with Gasteiger partial charge in [-0.2, -0.15) is 0 Å². The molecule has 0 spiro atoms. The Hall–Kier alpha value is -1.29. The molecule has 1 unspecified atom stereocenters. The molecule has 0 bridgehead atoms. The zero-order valence-corrected chi connectivity index (χ0v) is 26.1. The van der Waals surface area contributed by atoms with Crippen LogP contribution in [0.2, 0.25) is 0 Å². The highest BCUT2D eigenvalue weighted by Crippen LogP contribution is 2.23. The zero-order chi connectivity index (χ0) is 28.2. The molecule has 0 amide bonds. The average Bonchev–Trinajstić information content (AvgIpc) is 2.92. The van der Waals surface area contributed by atoms with Gasteiger partial charge in [0.05, 0.1) is 0 Å². The minimum atomic E-state index is -1.11. The molecule has 1 saturated heterocycles. The summed E-state index contributed by atoms with van der Waals surface area (Å²) in [7, 11) is 2.24. The SMILES string of the molecule is CCCCC/C=C\C/C=C\CCCCCCCC(CCCCCCCCCCC1CCN(C)CC1)OC(=O)O. The number of hydrogen-bond acceptors (Lipinski definition) is 3. The minimum absolute atomic E-state index is 0.111. The molecule has 0 radical (unpaired) electrons. The van der Waals surface area contributed by atoms with Crippen molar-refractivity contribution in [3.63, 3.8) is 0 Å². The van der Waals surface area contributed by atoms with E-state index in [1.165, 1.54) is 135 Å². The van der Waals surface area contributed by atoms with Crippen LogP contribution < -0.4 is 0 Å². The van der Waals surface area contributed by atoms with Crippen molar-refractivity contribution in [2.45, 2.75) is 167 Å². The summed E-state index contributed by atoms with van der Waals surface area (Å²) >= 11 is 0. The van der Waals surface area contributed by atoms with Crippen LogP contribution in [0.1, 0.15) is 161 Å². The third kappa shape index (κ3) is 24.2. The highest BCUT2D eigenvalue weighted by atomic mass is 16.7. The monoisotopic (exact) mass is 547 g/mol. The quantitative estimate of drug-likeness (QED) is 0.0664. The van der Waals surface area contributed by atoms with Crippen LogP contribution in [0.4, 0.5) is 4.79 Å². The summed E-state index contributed by atoms with van der Waals surface area (Å²) in [5.41, 5.74) is 0. The molecule has 39 heavy (non-hydrogen) atoms. The lowest BCUT2D eigenvalue weighted by atomic mass is 9.91. The van der Waals surface area contributed by atoms with Crippen LogP contribution in [-0.4, -0.2) is 42.4 Å². The fourth-order valence-electron chi connectivity index (χ4n) is 5.80. The normalized spacial score (nSPS) is 15.9. The van der Waals surface area contributed by atoms with Crippen molar-refractivity contribution in [3.05, 3.63) is 24.3 Å². The average molecular weight is 548 g/mol. The largest absolute Gasteiger partial charge is 0.506 e. The first-order chi connectivity index (χ1) is 19.1. The van der Waals surface area contributed by atoms with Crippen molar-refractivity contribution < 1.29 is 14.6 Å². The van der Waals surface area contributed by atoms with Crippen LogP contribution in [0.25, 0.3) is 0 Å². The molecule has 4 nitrogen and oxygen atoms in total. The van der Waals surface area contributed by atoms with Gasteiger partial charge in [0.15, 0.2) is 0 Å². The number of piperidine rings is 1. The van der Waals surface area contributed by atoms with Crippen molar-refractivity contribution >= 4 is 6.16 Å². The highest BCUT2D eigenvalue weighted by molar-refractivity contribution is 5.57. The van der Waals surface area contributed by atoms with Gasteiger partial charge < -0.3 is 14.7 Å². The number of ether oxygens (including phenoxy) is 1. The van der Waals surface area contributed by atoms with E-state index in [2.05, 4.69) is 43.2 Å². The second-order valence-electron chi connectivity index (χ2n) is 12.2. The molecule has 0 aromatic rings. The molecule has 1 fully saturated rings. The fraction of sp³-hybridized carbons (Fsp3) is 0.857. The molecule has 0 aromatic heterocycles. The predicted octanol–water partition coefficient (Wildman–Crippen LogP) is 11.1. The second kappa shape index (κ2) is 26.9. The maximum atomic E-state index is 11.1. The lowest BCUT2D eigenvalue weighted by Crippen LogP contribution is -2.30. The summed E-state index contributed by atoms with van der Waals surface area (Å²) in [6.45, 7) is 4.83. The molecule has 1 rings (SSSR count). The molecule has 1 aliphatic rings. The van der Waals surface area contributed by atoms with Gasteiger partial charge in [-0.3, -0.25) is 0 Å². The van der Waals surface area contributed by atoms with E-state index < -0.39 is 6.16 Å². The summed E-state index contributed by atoms with van der Waals surface area (Å²) < 4.78 is 5.20. The van der Waals surface area contributed by atoms with Gasteiger partial charge in [-0.25, -0.2) is 4.79 Å². The van der Waals surface area contributed by atoms with Crippen molar-refractivity contribution in [2.24, 2.45) is 5.92 Å². The first-order valence-corrected chi connectivity index (χ1v) is 17.0. The number of allylic oxidation sites excluding steroid dienone is 4. The van der Waals surface area contributed by atoms with Crippen LogP contribution in [0.5, 0.6) is 0 Å². The van der Waals surface area contributed by atoms with Gasteiger partial charge in [0.25, 0.3) is 0 Å². The number of carbonyl (C=O) groups is 1. The molecule has 1 N–H and O–H groups in total. The fourth-order valence-corrected chi connectivity index (χ4v) is 5.80. The van der Waals surface area contributed by atoms with E-state index in [-0.39, 0.29) is 6.10 Å². The van der Waals surface area contributed by atoms with E-state index in [1.807, 2.05) is 0 Å². The first kappa shape index (κ1) is 35.7.